The summed E-state index contributed by atoms with van der Waals surface area (Å²) in [6.45, 7) is 10.8. The number of carbonyl (C=O) groups excluding carboxylic acids is 1. The third kappa shape index (κ3) is 6.20. The maximum absolute atomic E-state index is 12.1. The molecule has 3 atom stereocenters. The number of fused-ring (bicyclic) bond motifs is 3. The summed E-state index contributed by atoms with van der Waals surface area (Å²) in [6.07, 6.45) is 8.46. The van der Waals surface area contributed by atoms with Crippen LogP contribution in [-0.4, -0.2) is 24.0 Å². The largest absolute Gasteiger partial charge is 0.487 e. The monoisotopic (exact) mass is 489 g/mol. The van der Waals surface area contributed by atoms with Gasteiger partial charge in [-0.05, 0) is 86.4 Å². The number of esters is 1. The van der Waals surface area contributed by atoms with E-state index in [0.29, 0.717) is 24.1 Å². The minimum atomic E-state index is -0.320. The van der Waals surface area contributed by atoms with Gasteiger partial charge in [-0.2, -0.15) is 0 Å². The number of ether oxygens (including phenoxy) is 2. The van der Waals surface area contributed by atoms with Crippen LogP contribution in [0.5, 0.6) is 11.5 Å². The number of alkyl halides is 1. The van der Waals surface area contributed by atoms with Crippen molar-refractivity contribution in [2.24, 2.45) is 17.0 Å². The lowest BCUT2D eigenvalue weighted by Gasteiger charge is -2.49. The summed E-state index contributed by atoms with van der Waals surface area (Å²) in [7, 11) is 0. The molecule has 34 heavy (non-hydrogen) atoms. The maximum atomic E-state index is 12.1. The second-order valence-electron chi connectivity index (χ2n) is 11.2. The molecule has 1 aliphatic carbocycles. The lowest BCUT2D eigenvalue weighted by Crippen LogP contribution is -2.47. The SMILES string of the molecule is CC(=O)Oc1cc(C(C)(C)CCCCCCCl)cc2c1[C@@H]1C[C@H](CN=[N+]=[N-])CC[C@H]1C(C)(C)O2. The number of halogens is 1. The number of hydrogen-bond donors (Lipinski definition) is 0. The van der Waals surface area contributed by atoms with Crippen LogP contribution in [0.25, 0.3) is 10.4 Å². The smallest absolute Gasteiger partial charge is 0.308 e. The molecular weight excluding hydrogens is 450 g/mol. The van der Waals surface area contributed by atoms with Crippen molar-refractivity contribution >= 4 is 17.6 Å². The predicted molar refractivity (Wildman–Crippen MR) is 137 cm³/mol. The number of azide groups is 1. The first-order chi connectivity index (χ1) is 16.1. The molecule has 1 heterocycles. The van der Waals surface area contributed by atoms with Gasteiger partial charge in [0, 0.05) is 35.7 Å². The van der Waals surface area contributed by atoms with Gasteiger partial charge in [0.05, 0.1) is 0 Å². The number of nitrogens with zero attached hydrogens (tertiary/aromatic N) is 3. The van der Waals surface area contributed by atoms with E-state index >= 15 is 0 Å². The summed E-state index contributed by atoms with van der Waals surface area (Å²) in [4.78, 5) is 15.1. The Morgan fingerprint density at radius 1 is 1.26 bits per heavy atom. The maximum Gasteiger partial charge on any atom is 0.308 e. The molecule has 2 aliphatic rings. The molecule has 1 fully saturated rings. The molecule has 1 aromatic carbocycles. The highest BCUT2D eigenvalue weighted by Crippen LogP contribution is 2.56. The third-order valence-electron chi connectivity index (χ3n) is 7.82. The molecule has 0 spiro atoms. The van der Waals surface area contributed by atoms with Crippen LogP contribution < -0.4 is 9.47 Å². The van der Waals surface area contributed by atoms with Crippen molar-refractivity contribution in [3.63, 3.8) is 0 Å². The standard InChI is InChI=1S/C27H40ClN3O3/c1-18(32)33-23-15-20(26(2,3)12-8-6-7-9-13-28)16-24-25(23)21-14-19(17-30-31-29)10-11-22(21)27(4,5)34-24/h15-16,19,21-22H,6-14,17H2,1-5H3/t19-,21-,22-/m1/s1. The second kappa shape index (κ2) is 11.2. The Kier molecular flexibility index (Phi) is 8.81. The van der Waals surface area contributed by atoms with Crippen molar-refractivity contribution in [2.45, 2.75) is 103 Å². The normalized spacial score (nSPS) is 23.2. The Morgan fingerprint density at radius 2 is 2.00 bits per heavy atom. The number of benzene rings is 1. The second-order valence-corrected chi connectivity index (χ2v) is 11.6. The van der Waals surface area contributed by atoms with Gasteiger partial charge >= 0.3 is 5.97 Å². The number of hydrogen-bond acceptors (Lipinski definition) is 4. The van der Waals surface area contributed by atoms with Crippen LogP contribution in [0.3, 0.4) is 0 Å². The molecule has 0 unspecified atom stereocenters. The summed E-state index contributed by atoms with van der Waals surface area (Å²) in [5.41, 5.74) is 10.5. The molecular formula is C27H40ClN3O3. The number of carbonyl (C=O) groups is 1. The van der Waals surface area contributed by atoms with Gasteiger partial charge in [0.15, 0.2) is 0 Å². The first-order valence-electron chi connectivity index (χ1n) is 12.7. The molecule has 6 nitrogen and oxygen atoms in total. The molecule has 1 saturated carbocycles. The molecule has 0 N–H and O–H groups in total. The van der Waals surface area contributed by atoms with E-state index in [1.54, 1.807) is 0 Å². The average molecular weight is 490 g/mol. The summed E-state index contributed by atoms with van der Waals surface area (Å²) < 4.78 is 12.5. The molecule has 188 valence electrons. The van der Waals surface area contributed by atoms with Gasteiger partial charge in [-0.3, -0.25) is 4.79 Å². The molecule has 7 heteroatoms. The van der Waals surface area contributed by atoms with E-state index in [1.807, 2.05) is 0 Å². The highest BCUT2D eigenvalue weighted by atomic mass is 35.5. The molecule has 3 rings (SSSR count). The summed E-state index contributed by atoms with van der Waals surface area (Å²) in [5.74, 6) is 2.71. The quantitative estimate of drug-likeness (QED) is 0.0633. The lowest BCUT2D eigenvalue weighted by molar-refractivity contribution is -0.132. The average Bonchev–Trinajstić information content (AvgIpc) is 2.76. The van der Waals surface area contributed by atoms with Gasteiger partial charge in [-0.15, -0.1) is 11.6 Å². The zero-order valence-corrected chi connectivity index (χ0v) is 22.2. The number of rotatable bonds is 10. The van der Waals surface area contributed by atoms with Crippen molar-refractivity contribution in [3.8, 4) is 11.5 Å². The van der Waals surface area contributed by atoms with E-state index in [9.17, 15) is 4.79 Å². The molecule has 1 aromatic rings. The molecule has 1 aliphatic heterocycles. The minimum absolute atomic E-state index is 0.0775. The van der Waals surface area contributed by atoms with Crippen molar-refractivity contribution < 1.29 is 14.3 Å². The Bertz CT molecular complexity index is 924. The zero-order valence-electron chi connectivity index (χ0n) is 21.4. The van der Waals surface area contributed by atoms with E-state index in [4.69, 9.17) is 26.6 Å². The van der Waals surface area contributed by atoms with Crippen LogP contribution in [0.1, 0.15) is 103 Å². The highest BCUT2D eigenvalue weighted by molar-refractivity contribution is 6.17. The van der Waals surface area contributed by atoms with Gasteiger partial charge in [-0.1, -0.05) is 38.2 Å². The first kappa shape index (κ1) is 26.7. The zero-order chi connectivity index (χ0) is 24.9. The van der Waals surface area contributed by atoms with Crippen LogP contribution >= 0.6 is 11.6 Å². The molecule has 0 radical (unpaired) electrons. The summed E-state index contributed by atoms with van der Waals surface area (Å²) in [6, 6.07) is 4.24. The van der Waals surface area contributed by atoms with Crippen LogP contribution in [0.15, 0.2) is 17.2 Å². The van der Waals surface area contributed by atoms with Gasteiger partial charge in [0.2, 0.25) is 0 Å². The predicted octanol–water partition coefficient (Wildman–Crippen LogP) is 8.06. The van der Waals surface area contributed by atoms with E-state index in [0.717, 1.165) is 74.1 Å². The van der Waals surface area contributed by atoms with E-state index in [-0.39, 0.29) is 22.9 Å². The van der Waals surface area contributed by atoms with Crippen LogP contribution in [-0.2, 0) is 10.2 Å². The van der Waals surface area contributed by atoms with E-state index in [2.05, 4.69) is 49.9 Å². The highest BCUT2D eigenvalue weighted by Gasteiger charge is 2.48. The van der Waals surface area contributed by atoms with Crippen molar-refractivity contribution in [1.29, 1.82) is 0 Å². The third-order valence-corrected chi connectivity index (χ3v) is 8.09. The van der Waals surface area contributed by atoms with Gasteiger partial charge in [-0.25, -0.2) is 0 Å². The Morgan fingerprint density at radius 3 is 2.68 bits per heavy atom. The Labute approximate surface area is 209 Å². The number of unbranched alkanes of at least 4 members (excludes halogenated alkanes) is 3. The van der Waals surface area contributed by atoms with Gasteiger partial charge in [0.25, 0.3) is 0 Å². The summed E-state index contributed by atoms with van der Waals surface area (Å²) in [5, 5.41) is 3.85. The van der Waals surface area contributed by atoms with Crippen molar-refractivity contribution in [1.82, 2.24) is 0 Å². The lowest BCUT2D eigenvalue weighted by atomic mass is 9.63. The van der Waals surface area contributed by atoms with Crippen LogP contribution in [0, 0.1) is 11.8 Å². The van der Waals surface area contributed by atoms with Gasteiger partial charge < -0.3 is 9.47 Å². The first-order valence-corrected chi connectivity index (χ1v) is 13.2. The molecule has 0 aromatic heterocycles. The molecule has 0 amide bonds. The Balaban J connectivity index is 1.97. The Hall–Kier alpha value is -1.91. The van der Waals surface area contributed by atoms with Crippen LogP contribution in [0.4, 0.5) is 0 Å². The summed E-state index contributed by atoms with van der Waals surface area (Å²) >= 11 is 5.82. The van der Waals surface area contributed by atoms with Crippen molar-refractivity contribution in [3.05, 3.63) is 33.7 Å². The topological polar surface area (TPSA) is 84.3 Å². The fourth-order valence-electron chi connectivity index (χ4n) is 5.93. The van der Waals surface area contributed by atoms with Crippen molar-refractivity contribution in [2.75, 3.05) is 12.4 Å². The van der Waals surface area contributed by atoms with E-state index < -0.39 is 0 Å². The van der Waals surface area contributed by atoms with Crippen LogP contribution in [0.2, 0.25) is 0 Å². The fraction of sp³-hybridized carbons (Fsp3) is 0.741. The molecule has 0 bridgehead atoms. The van der Waals surface area contributed by atoms with Gasteiger partial charge in [0.1, 0.15) is 17.1 Å². The van der Waals surface area contributed by atoms with E-state index in [1.165, 1.54) is 6.92 Å². The molecule has 0 saturated heterocycles. The fourth-order valence-corrected chi connectivity index (χ4v) is 6.11. The minimum Gasteiger partial charge on any atom is -0.487 e.